The Hall–Kier alpha value is -2.53. The van der Waals surface area contributed by atoms with Gasteiger partial charge in [-0.25, -0.2) is 0 Å². The molecule has 0 saturated carbocycles. The van der Waals surface area contributed by atoms with Crippen molar-refractivity contribution < 1.29 is 14.3 Å². The maximum absolute atomic E-state index is 12.9. The van der Waals surface area contributed by atoms with Crippen LogP contribution in [0.15, 0.2) is 48.5 Å². The number of rotatable bonds is 10. The average molecular weight is 417 g/mol. The quantitative estimate of drug-likeness (QED) is 0.585. The third-order valence-corrected chi connectivity index (χ3v) is 4.86. The van der Waals surface area contributed by atoms with Crippen LogP contribution in [0.25, 0.3) is 0 Å². The van der Waals surface area contributed by atoms with Crippen molar-refractivity contribution in [3.05, 3.63) is 64.7 Å². The van der Waals surface area contributed by atoms with Crippen LogP contribution in [-0.4, -0.2) is 35.9 Å². The van der Waals surface area contributed by atoms with Gasteiger partial charge in [-0.1, -0.05) is 41.4 Å². The van der Waals surface area contributed by atoms with Crippen molar-refractivity contribution in [2.24, 2.45) is 0 Å². The number of benzene rings is 2. The van der Waals surface area contributed by atoms with Crippen LogP contribution in [0.1, 0.15) is 37.8 Å². The van der Waals surface area contributed by atoms with E-state index in [-0.39, 0.29) is 11.8 Å². The van der Waals surface area contributed by atoms with Gasteiger partial charge in [0.25, 0.3) is 0 Å². The monoisotopic (exact) mass is 416 g/mol. The van der Waals surface area contributed by atoms with Crippen LogP contribution in [0, 0.1) is 6.92 Å². The van der Waals surface area contributed by atoms with E-state index in [0.717, 1.165) is 11.3 Å². The number of aryl methyl sites for hydroxylation is 1. The molecule has 1 N–H and O–H groups in total. The first-order valence-corrected chi connectivity index (χ1v) is 10.3. The van der Waals surface area contributed by atoms with Crippen molar-refractivity contribution in [3.63, 3.8) is 0 Å². The zero-order valence-corrected chi connectivity index (χ0v) is 18.0. The van der Waals surface area contributed by atoms with E-state index >= 15 is 0 Å². The minimum absolute atomic E-state index is 0.0776. The van der Waals surface area contributed by atoms with Crippen LogP contribution in [0.3, 0.4) is 0 Å². The Morgan fingerprint density at radius 2 is 1.76 bits per heavy atom. The molecule has 0 aromatic heterocycles. The fourth-order valence-electron chi connectivity index (χ4n) is 2.88. The molecule has 0 fully saturated rings. The smallest absolute Gasteiger partial charge is 0.242 e. The summed E-state index contributed by atoms with van der Waals surface area (Å²) in [6.45, 7) is 6.95. The van der Waals surface area contributed by atoms with E-state index in [0.29, 0.717) is 37.6 Å². The van der Waals surface area contributed by atoms with Crippen LogP contribution in [0.5, 0.6) is 5.75 Å². The molecule has 2 rings (SSSR count). The van der Waals surface area contributed by atoms with E-state index < -0.39 is 6.04 Å². The van der Waals surface area contributed by atoms with Crippen molar-refractivity contribution in [1.29, 1.82) is 0 Å². The zero-order valence-electron chi connectivity index (χ0n) is 17.3. The molecule has 0 saturated heterocycles. The number of carbonyl (C=O) groups is 2. The predicted molar refractivity (Wildman–Crippen MR) is 116 cm³/mol. The summed E-state index contributed by atoms with van der Waals surface area (Å²) in [6, 6.07) is 14.6. The lowest BCUT2D eigenvalue weighted by Gasteiger charge is -2.28. The van der Waals surface area contributed by atoms with Gasteiger partial charge < -0.3 is 15.0 Å². The number of nitrogens with zero attached hydrogens (tertiary/aromatic N) is 1. The first-order chi connectivity index (χ1) is 13.9. The summed E-state index contributed by atoms with van der Waals surface area (Å²) in [5.41, 5.74) is 2.10. The highest BCUT2D eigenvalue weighted by molar-refractivity contribution is 6.30. The van der Waals surface area contributed by atoms with Crippen molar-refractivity contribution in [2.75, 3.05) is 13.2 Å². The minimum Gasteiger partial charge on any atom is -0.494 e. The fraction of sp³-hybridized carbons (Fsp3) is 0.391. The molecule has 5 nitrogen and oxygen atoms in total. The summed E-state index contributed by atoms with van der Waals surface area (Å²) in [4.78, 5) is 26.8. The highest BCUT2D eigenvalue weighted by atomic mass is 35.5. The number of amides is 2. The van der Waals surface area contributed by atoms with Crippen LogP contribution in [0.2, 0.25) is 5.02 Å². The van der Waals surface area contributed by atoms with Crippen LogP contribution in [0.4, 0.5) is 0 Å². The lowest BCUT2D eigenvalue weighted by Crippen LogP contribution is -2.47. The lowest BCUT2D eigenvalue weighted by molar-refractivity contribution is -0.140. The number of carbonyl (C=O) groups excluding carboxylic acids is 2. The summed E-state index contributed by atoms with van der Waals surface area (Å²) in [5, 5.41) is 3.43. The molecule has 2 aromatic carbocycles. The molecule has 0 aliphatic rings. The van der Waals surface area contributed by atoms with Crippen LogP contribution >= 0.6 is 11.6 Å². The van der Waals surface area contributed by atoms with Gasteiger partial charge in [0.1, 0.15) is 11.8 Å². The van der Waals surface area contributed by atoms with E-state index in [1.54, 1.807) is 24.0 Å². The van der Waals surface area contributed by atoms with E-state index in [1.807, 2.05) is 50.2 Å². The number of halogens is 1. The Labute approximate surface area is 178 Å². The number of likely N-dealkylation sites (N-methyl/N-ethyl adjacent to an activating group) is 1. The average Bonchev–Trinajstić information content (AvgIpc) is 2.71. The number of hydrogen-bond acceptors (Lipinski definition) is 3. The highest BCUT2D eigenvalue weighted by Crippen LogP contribution is 2.16. The van der Waals surface area contributed by atoms with Gasteiger partial charge in [0.15, 0.2) is 0 Å². The Bertz CT molecular complexity index is 791. The molecule has 2 aromatic rings. The molecule has 0 aliphatic heterocycles. The van der Waals surface area contributed by atoms with E-state index in [1.165, 1.54) is 5.56 Å². The third kappa shape index (κ3) is 7.42. The number of nitrogens with one attached hydrogen (secondary N) is 1. The Morgan fingerprint density at radius 3 is 2.38 bits per heavy atom. The summed E-state index contributed by atoms with van der Waals surface area (Å²) < 4.78 is 5.70. The summed E-state index contributed by atoms with van der Waals surface area (Å²) >= 11 is 5.95. The Balaban J connectivity index is 1.96. The zero-order chi connectivity index (χ0) is 21.2. The van der Waals surface area contributed by atoms with Gasteiger partial charge in [-0.05, 0) is 57.0 Å². The molecule has 0 spiro atoms. The van der Waals surface area contributed by atoms with Crippen LogP contribution in [-0.2, 0) is 16.1 Å². The van der Waals surface area contributed by atoms with Gasteiger partial charge in [-0.2, -0.15) is 0 Å². The van der Waals surface area contributed by atoms with Gasteiger partial charge in [0, 0.05) is 24.5 Å². The van der Waals surface area contributed by atoms with Crippen LogP contribution < -0.4 is 10.1 Å². The summed E-state index contributed by atoms with van der Waals surface area (Å²) in [6.07, 6.45) is 0.884. The number of ether oxygens (including phenoxy) is 1. The largest absolute Gasteiger partial charge is 0.494 e. The second kappa shape index (κ2) is 11.5. The molecular weight excluding hydrogens is 388 g/mol. The molecule has 0 radical (unpaired) electrons. The van der Waals surface area contributed by atoms with Crippen molar-refractivity contribution in [3.8, 4) is 5.75 Å². The molecule has 0 heterocycles. The Morgan fingerprint density at radius 1 is 1.10 bits per heavy atom. The second-order valence-electron chi connectivity index (χ2n) is 6.98. The van der Waals surface area contributed by atoms with Gasteiger partial charge in [-0.3, -0.25) is 9.59 Å². The molecular formula is C23H29ClN2O3. The topological polar surface area (TPSA) is 58.6 Å². The minimum atomic E-state index is -0.559. The molecule has 2 amide bonds. The Kier molecular flexibility index (Phi) is 9.00. The maximum Gasteiger partial charge on any atom is 0.242 e. The molecule has 0 bridgehead atoms. The normalized spacial score (nSPS) is 11.6. The molecule has 29 heavy (non-hydrogen) atoms. The fourth-order valence-corrected chi connectivity index (χ4v) is 3.01. The van der Waals surface area contributed by atoms with Gasteiger partial charge >= 0.3 is 0 Å². The SMILES string of the molecule is CCNC(=O)[C@H](C)N(Cc1ccc(Cl)cc1)C(=O)CCCOc1ccc(C)cc1. The molecule has 156 valence electrons. The first kappa shape index (κ1) is 22.8. The van der Waals surface area contributed by atoms with E-state index in [2.05, 4.69) is 5.32 Å². The highest BCUT2D eigenvalue weighted by Gasteiger charge is 2.25. The summed E-state index contributed by atoms with van der Waals surface area (Å²) in [5.74, 6) is 0.550. The second-order valence-corrected chi connectivity index (χ2v) is 7.42. The van der Waals surface area contributed by atoms with Gasteiger partial charge in [-0.15, -0.1) is 0 Å². The number of hydrogen-bond donors (Lipinski definition) is 1. The molecule has 0 aliphatic carbocycles. The molecule has 6 heteroatoms. The maximum atomic E-state index is 12.9. The molecule has 0 unspecified atom stereocenters. The molecule has 1 atom stereocenters. The van der Waals surface area contributed by atoms with Gasteiger partial charge in [0.2, 0.25) is 11.8 Å². The van der Waals surface area contributed by atoms with E-state index in [4.69, 9.17) is 16.3 Å². The van der Waals surface area contributed by atoms with Gasteiger partial charge in [0.05, 0.1) is 6.61 Å². The third-order valence-electron chi connectivity index (χ3n) is 4.61. The predicted octanol–water partition coefficient (Wildman–Crippen LogP) is 4.36. The lowest BCUT2D eigenvalue weighted by atomic mass is 10.1. The van der Waals surface area contributed by atoms with Crippen molar-refractivity contribution >= 4 is 23.4 Å². The van der Waals surface area contributed by atoms with E-state index in [9.17, 15) is 9.59 Å². The first-order valence-electron chi connectivity index (χ1n) is 9.91. The van der Waals surface area contributed by atoms with Crippen molar-refractivity contribution in [1.82, 2.24) is 10.2 Å². The summed E-state index contributed by atoms with van der Waals surface area (Å²) in [7, 11) is 0. The standard InChI is InChI=1S/C23H29ClN2O3/c1-4-25-23(28)18(3)26(16-19-9-11-20(24)12-10-19)22(27)6-5-15-29-21-13-7-17(2)8-14-21/h7-14,18H,4-6,15-16H2,1-3H3,(H,25,28)/t18-/m0/s1. The van der Waals surface area contributed by atoms with Crippen molar-refractivity contribution in [2.45, 2.75) is 46.2 Å².